The van der Waals surface area contributed by atoms with Crippen molar-refractivity contribution in [3.63, 3.8) is 0 Å². The molecule has 0 unspecified atom stereocenters. The van der Waals surface area contributed by atoms with Crippen LogP contribution in [0.4, 0.5) is 5.82 Å². The molecule has 0 atom stereocenters. The molecule has 0 saturated heterocycles. The van der Waals surface area contributed by atoms with Gasteiger partial charge in [0.05, 0.1) is 32.5 Å². The van der Waals surface area contributed by atoms with Crippen LogP contribution in [0.5, 0.6) is 11.5 Å². The smallest absolute Gasteiger partial charge is 0.259 e. The van der Waals surface area contributed by atoms with E-state index < -0.39 is 0 Å². The topological polar surface area (TPSA) is 85.7 Å². The molecule has 2 aromatic carbocycles. The number of nitrogens with zero attached hydrogens (tertiary/aromatic N) is 3. The SMILES string of the molecule is CCN(CC)C(=O)c1cnn(-c2ccccc2)c1NC(=O)Cc1ccc(OC)c(OC)c1. The van der Waals surface area contributed by atoms with Gasteiger partial charge in [-0.1, -0.05) is 24.3 Å². The minimum absolute atomic E-state index is 0.0965. The van der Waals surface area contributed by atoms with Crippen LogP contribution in [0.25, 0.3) is 5.69 Å². The Labute approximate surface area is 187 Å². The van der Waals surface area contributed by atoms with E-state index in [9.17, 15) is 9.59 Å². The zero-order valence-electron chi connectivity index (χ0n) is 18.8. The van der Waals surface area contributed by atoms with Gasteiger partial charge < -0.3 is 19.7 Å². The number of para-hydroxylation sites is 1. The first-order valence-electron chi connectivity index (χ1n) is 10.5. The van der Waals surface area contributed by atoms with Crippen LogP contribution in [0.3, 0.4) is 0 Å². The zero-order chi connectivity index (χ0) is 23.1. The van der Waals surface area contributed by atoms with Crippen molar-refractivity contribution < 1.29 is 19.1 Å². The molecule has 32 heavy (non-hydrogen) atoms. The van der Waals surface area contributed by atoms with Gasteiger partial charge in [0, 0.05) is 13.1 Å². The first kappa shape index (κ1) is 22.9. The standard InChI is InChI=1S/C24H28N4O4/c1-5-27(6-2)24(30)19-16-25-28(18-10-8-7-9-11-18)23(19)26-22(29)15-17-12-13-20(31-3)21(14-17)32-4/h7-14,16H,5-6,15H2,1-4H3,(H,26,29). The minimum Gasteiger partial charge on any atom is -0.493 e. The molecule has 0 aliphatic heterocycles. The summed E-state index contributed by atoms with van der Waals surface area (Å²) in [7, 11) is 3.11. The van der Waals surface area contributed by atoms with Crippen LogP contribution in [-0.4, -0.2) is 53.8 Å². The summed E-state index contributed by atoms with van der Waals surface area (Å²) in [5.41, 5.74) is 1.84. The number of ether oxygens (including phenoxy) is 2. The number of methoxy groups -OCH3 is 2. The molecule has 1 N–H and O–H groups in total. The maximum absolute atomic E-state index is 13.1. The molecule has 1 heterocycles. The maximum Gasteiger partial charge on any atom is 0.259 e. The van der Waals surface area contributed by atoms with Crippen LogP contribution in [0.1, 0.15) is 29.8 Å². The van der Waals surface area contributed by atoms with Crippen LogP contribution < -0.4 is 14.8 Å². The highest BCUT2D eigenvalue weighted by Gasteiger charge is 2.23. The summed E-state index contributed by atoms with van der Waals surface area (Å²) < 4.78 is 12.1. The van der Waals surface area contributed by atoms with Crippen molar-refractivity contribution in [2.45, 2.75) is 20.3 Å². The lowest BCUT2D eigenvalue weighted by molar-refractivity contribution is -0.115. The molecule has 168 valence electrons. The van der Waals surface area contributed by atoms with Crippen LogP contribution >= 0.6 is 0 Å². The Morgan fingerprint density at radius 2 is 1.69 bits per heavy atom. The van der Waals surface area contributed by atoms with Gasteiger partial charge in [-0.25, -0.2) is 4.68 Å². The number of carbonyl (C=O) groups is 2. The number of carbonyl (C=O) groups excluding carboxylic acids is 2. The van der Waals surface area contributed by atoms with Gasteiger partial charge in [-0.05, 0) is 43.7 Å². The molecular weight excluding hydrogens is 408 g/mol. The molecule has 8 nitrogen and oxygen atoms in total. The Bertz CT molecular complexity index is 1070. The van der Waals surface area contributed by atoms with E-state index in [-0.39, 0.29) is 18.2 Å². The molecule has 3 rings (SSSR count). The number of rotatable bonds is 9. The van der Waals surface area contributed by atoms with Gasteiger partial charge in [0.1, 0.15) is 11.4 Å². The lowest BCUT2D eigenvalue weighted by atomic mass is 10.1. The summed E-state index contributed by atoms with van der Waals surface area (Å²) in [6, 6.07) is 14.7. The Hall–Kier alpha value is -3.81. The van der Waals surface area contributed by atoms with Gasteiger partial charge in [0.15, 0.2) is 11.5 Å². The number of anilines is 1. The molecule has 0 fully saturated rings. The molecule has 2 amide bonds. The summed E-state index contributed by atoms with van der Waals surface area (Å²) >= 11 is 0. The van der Waals surface area contributed by atoms with Gasteiger partial charge in [-0.2, -0.15) is 5.10 Å². The van der Waals surface area contributed by atoms with Crippen molar-refractivity contribution in [2.24, 2.45) is 0 Å². The van der Waals surface area contributed by atoms with Gasteiger partial charge in [-0.3, -0.25) is 9.59 Å². The number of aromatic nitrogens is 2. The molecule has 0 saturated carbocycles. The molecule has 0 spiro atoms. The third kappa shape index (κ3) is 4.91. The number of hydrogen-bond acceptors (Lipinski definition) is 5. The third-order valence-corrected chi connectivity index (χ3v) is 5.12. The Kier molecular flexibility index (Phi) is 7.49. The number of benzene rings is 2. The largest absolute Gasteiger partial charge is 0.493 e. The van der Waals surface area contributed by atoms with Gasteiger partial charge >= 0.3 is 0 Å². The molecule has 3 aromatic rings. The Morgan fingerprint density at radius 1 is 1.00 bits per heavy atom. The number of hydrogen-bond donors (Lipinski definition) is 1. The summed E-state index contributed by atoms with van der Waals surface area (Å²) in [4.78, 5) is 27.7. The second-order valence-corrected chi connectivity index (χ2v) is 7.05. The molecule has 8 heteroatoms. The average Bonchev–Trinajstić information content (AvgIpc) is 3.23. The summed E-state index contributed by atoms with van der Waals surface area (Å²) in [5, 5.41) is 7.28. The quantitative estimate of drug-likeness (QED) is 0.554. The number of nitrogens with one attached hydrogen (secondary N) is 1. The molecule has 0 aliphatic rings. The van der Waals surface area contributed by atoms with Crippen LogP contribution in [0.2, 0.25) is 0 Å². The predicted molar refractivity (Wildman–Crippen MR) is 123 cm³/mol. The van der Waals surface area contributed by atoms with E-state index in [1.165, 1.54) is 6.20 Å². The number of amides is 2. The van der Waals surface area contributed by atoms with Gasteiger partial charge in [0.2, 0.25) is 5.91 Å². The highest BCUT2D eigenvalue weighted by Crippen LogP contribution is 2.28. The molecular formula is C24H28N4O4. The summed E-state index contributed by atoms with van der Waals surface area (Å²) in [6.45, 7) is 4.95. The molecule has 0 bridgehead atoms. The third-order valence-electron chi connectivity index (χ3n) is 5.12. The van der Waals surface area contributed by atoms with E-state index in [0.717, 1.165) is 11.3 Å². The minimum atomic E-state index is -0.275. The fourth-order valence-corrected chi connectivity index (χ4v) is 3.42. The van der Waals surface area contributed by atoms with Gasteiger partial charge in [0.25, 0.3) is 5.91 Å². The van der Waals surface area contributed by atoms with Crippen molar-refractivity contribution in [1.82, 2.24) is 14.7 Å². The van der Waals surface area contributed by atoms with Crippen molar-refractivity contribution in [3.05, 3.63) is 65.9 Å². The highest BCUT2D eigenvalue weighted by atomic mass is 16.5. The second-order valence-electron chi connectivity index (χ2n) is 7.05. The second kappa shape index (κ2) is 10.5. The first-order chi connectivity index (χ1) is 15.5. The van der Waals surface area contributed by atoms with Gasteiger partial charge in [-0.15, -0.1) is 0 Å². The fourth-order valence-electron chi connectivity index (χ4n) is 3.42. The van der Waals surface area contributed by atoms with Crippen LogP contribution in [0, 0.1) is 0 Å². The van der Waals surface area contributed by atoms with Crippen molar-refractivity contribution in [1.29, 1.82) is 0 Å². The van der Waals surface area contributed by atoms with E-state index in [1.54, 1.807) is 42.0 Å². The van der Waals surface area contributed by atoms with E-state index in [4.69, 9.17) is 9.47 Å². The molecule has 0 radical (unpaired) electrons. The monoisotopic (exact) mass is 436 g/mol. The Morgan fingerprint density at radius 3 is 2.31 bits per heavy atom. The highest BCUT2D eigenvalue weighted by molar-refractivity contribution is 6.03. The van der Waals surface area contributed by atoms with E-state index in [1.807, 2.05) is 44.2 Å². The van der Waals surface area contributed by atoms with E-state index in [0.29, 0.717) is 36.0 Å². The summed E-state index contributed by atoms with van der Waals surface area (Å²) in [5.74, 6) is 1.02. The fraction of sp³-hybridized carbons (Fsp3) is 0.292. The lowest BCUT2D eigenvalue weighted by Crippen LogP contribution is -2.31. The zero-order valence-corrected chi connectivity index (χ0v) is 18.8. The van der Waals surface area contributed by atoms with E-state index >= 15 is 0 Å². The average molecular weight is 437 g/mol. The first-order valence-corrected chi connectivity index (χ1v) is 10.5. The lowest BCUT2D eigenvalue weighted by Gasteiger charge is -2.19. The van der Waals surface area contributed by atoms with Crippen molar-refractivity contribution in [2.75, 3.05) is 32.6 Å². The van der Waals surface area contributed by atoms with Crippen molar-refractivity contribution >= 4 is 17.6 Å². The molecule has 1 aromatic heterocycles. The van der Waals surface area contributed by atoms with E-state index in [2.05, 4.69) is 10.4 Å². The van der Waals surface area contributed by atoms with Crippen molar-refractivity contribution in [3.8, 4) is 17.2 Å². The van der Waals surface area contributed by atoms with Crippen LogP contribution in [0.15, 0.2) is 54.7 Å². The maximum atomic E-state index is 13.1. The summed E-state index contributed by atoms with van der Waals surface area (Å²) in [6.07, 6.45) is 1.60. The Balaban J connectivity index is 1.92. The normalized spacial score (nSPS) is 10.5. The predicted octanol–water partition coefficient (Wildman–Crippen LogP) is 3.55. The molecule has 0 aliphatic carbocycles. The van der Waals surface area contributed by atoms with Crippen LogP contribution in [-0.2, 0) is 11.2 Å².